The number of rotatable bonds is 6. The molecule has 1 aliphatic rings. The highest BCUT2D eigenvalue weighted by Gasteiger charge is 2.19. The lowest BCUT2D eigenvalue weighted by Crippen LogP contribution is -2.27. The third kappa shape index (κ3) is 5.27. The highest BCUT2D eigenvalue weighted by atomic mass is 35.5. The van der Waals surface area contributed by atoms with Gasteiger partial charge in [0, 0.05) is 6.54 Å². The number of halogens is 3. The summed E-state index contributed by atoms with van der Waals surface area (Å²) in [7, 11) is 0. The highest BCUT2D eigenvalue weighted by molar-refractivity contribution is 6.34. The lowest BCUT2D eigenvalue weighted by atomic mass is 10.1. The summed E-state index contributed by atoms with van der Waals surface area (Å²) in [5, 5.41) is 7.10. The molecular formula is C19H21Cl3N2O2. The fourth-order valence-corrected chi connectivity index (χ4v) is 3.32. The molecule has 26 heavy (non-hydrogen) atoms. The van der Waals surface area contributed by atoms with E-state index in [0.717, 1.165) is 25.9 Å². The van der Waals surface area contributed by atoms with Gasteiger partial charge in [0.1, 0.15) is 17.1 Å². The molecule has 3 rings (SSSR count). The molecule has 2 N–H and O–H groups in total. The van der Waals surface area contributed by atoms with Crippen LogP contribution in [0.4, 0.5) is 0 Å². The summed E-state index contributed by atoms with van der Waals surface area (Å²) in [6.07, 6.45) is 2.10. The van der Waals surface area contributed by atoms with Crippen molar-refractivity contribution in [1.29, 1.82) is 0 Å². The van der Waals surface area contributed by atoms with Crippen LogP contribution in [0.1, 0.15) is 23.2 Å². The Labute approximate surface area is 169 Å². The average molecular weight is 416 g/mol. The van der Waals surface area contributed by atoms with Crippen LogP contribution in [0.15, 0.2) is 42.5 Å². The molecular weight excluding hydrogens is 395 g/mol. The number of amides is 1. The molecule has 1 unspecified atom stereocenters. The van der Waals surface area contributed by atoms with Crippen LogP contribution >= 0.6 is 35.6 Å². The van der Waals surface area contributed by atoms with Gasteiger partial charge in [-0.2, -0.15) is 0 Å². The first-order chi connectivity index (χ1) is 12.1. The van der Waals surface area contributed by atoms with Crippen LogP contribution in [0, 0.1) is 5.92 Å². The third-order valence-electron chi connectivity index (χ3n) is 4.26. The van der Waals surface area contributed by atoms with Crippen molar-refractivity contribution in [3.8, 4) is 11.5 Å². The van der Waals surface area contributed by atoms with Crippen LogP contribution in [0.3, 0.4) is 0 Å². The number of carbonyl (C=O) groups excluding carboxylic acids is 1. The maximum Gasteiger partial charge on any atom is 0.256 e. The number of nitrogens with one attached hydrogen (secondary N) is 2. The lowest BCUT2D eigenvalue weighted by Gasteiger charge is -2.14. The summed E-state index contributed by atoms with van der Waals surface area (Å²) in [6.45, 7) is 2.68. The van der Waals surface area contributed by atoms with Crippen molar-refractivity contribution in [2.45, 2.75) is 12.8 Å². The zero-order valence-corrected chi connectivity index (χ0v) is 16.5. The Morgan fingerprint density at radius 1 is 1.12 bits per heavy atom. The van der Waals surface area contributed by atoms with Gasteiger partial charge in [0.25, 0.3) is 5.91 Å². The first kappa shape index (κ1) is 20.8. The van der Waals surface area contributed by atoms with Crippen LogP contribution in [-0.4, -0.2) is 25.5 Å². The molecule has 1 saturated heterocycles. The van der Waals surface area contributed by atoms with Crippen LogP contribution in [-0.2, 0) is 0 Å². The van der Waals surface area contributed by atoms with Gasteiger partial charge in [-0.15, -0.1) is 12.4 Å². The minimum absolute atomic E-state index is 0. The normalized spacial score (nSPS) is 16.0. The summed E-state index contributed by atoms with van der Waals surface area (Å²) in [4.78, 5) is 12.6. The van der Waals surface area contributed by atoms with E-state index in [1.807, 2.05) is 12.1 Å². The summed E-state index contributed by atoms with van der Waals surface area (Å²) in [6, 6.07) is 12.3. The molecule has 0 bridgehead atoms. The largest absolute Gasteiger partial charge is 0.455 e. The van der Waals surface area contributed by atoms with Gasteiger partial charge in [-0.3, -0.25) is 4.79 Å². The maximum absolute atomic E-state index is 12.6. The zero-order valence-electron chi connectivity index (χ0n) is 14.1. The number of ether oxygens (including phenoxy) is 1. The van der Waals surface area contributed by atoms with E-state index in [0.29, 0.717) is 39.6 Å². The molecule has 1 fully saturated rings. The van der Waals surface area contributed by atoms with Crippen molar-refractivity contribution in [2.24, 2.45) is 5.92 Å². The summed E-state index contributed by atoms with van der Waals surface area (Å²) < 4.78 is 5.83. The second-order valence-electron chi connectivity index (χ2n) is 6.05. The molecule has 7 heteroatoms. The van der Waals surface area contributed by atoms with E-state index < -0.39 is 0 Å². The molecule has 2 aromatic rings. The predicted molar refractivity (Wildman–Crippen MR) is 108 cm³/mol. The van der Waals surface area contributed by atoms with E-state index in [2.05, 4.69) is 10.6 Å². The minimum atomic E-state index is -0.237. The quantitative estimate of drug-likeness (QED) is 0.703. The average Bonchev–Trinajstić information content (AvgIpc) is 3.10. The van der Waals surface area contributed by atoms with Gasteiger partial charge in [0.2, 0.25) is 0 Å². The van der Waals surface area contributed by atoms with Gasteiger partial charge in [0.15, 0.2) is 0 Å². The van der Waals surface area contributed by atoms with Crippen LogP contribution in [0.5, 0.6) is 11.5 Å². The van der Waals surface area contributed by atoms with Gasteiger partial charge in [-0.1, -0.05) is 41.4 Å². The molecule has 0 aliphatic carbocycles. The molecule has 2 aromatic carbocycles. The Morgan fingerprint density at radius 3 is 2.58 bits per heavy atom. The molecule has 1 heterocycles. The second kappa shape index (κ2) is 10.0. The van der Waals surface area contributed by atoms with E-state index in [1.165, 1.54) is 0 Å². The van der Waals surface area contributed by atoms with Crippen LogP contribution in [0.2, 0.25) is 10.0 Å². The van der Waals surface area contributed by atoms with Crippen molar-refractivity contribution in [3.63, 3.8) is 0 Å². The maximum atomic E-state index is 12.6. The first-order valence-corrected chi connectivity index (χ1v) is 9.10. The Kier molecular flexibility index (Phi) is 8.04. The fraction of sp³-hybridized carbons (Fsp3) is 0.316. The Bertz CT molecular complexity index is 749. The number of hydrogen-bond donors (Lipinski definition) is 2. The van der Waals surface area contributed by atoms with Gasteiger partial charge in [-0.05, 0) is 56.1 Å². The molecule has 4 nitrogen and oxygen atoms in total. The van der Waals surface area contributed by atoms with Crippen molar-refractivity contribution in [2.75, 3.05) is 19.6 Å². The third-order valence-corrected chi connectivity index (χ3v) is 4.89. The van der Waals surface area contributed by atoms with Crippen molar-refractivity contribution in [3.05, 3.63) is 58.1 Å². The summed E-state index contributed by atoms with van der Waals surface area (Å²) in [5.41, 5.74) is 0.327. The number of hydrogen-bond acceptors (Lipinski definition) is 3. The topological polar surface area (TPSA) is 50.4 Å². The van der Waals surface area contributed by atoms with E-state index >= 15 is 0 Å². The molecule has 1 aliphatic heterocycles. The molecule has 1 amide bonds. The van der Waals surface area contributed by atoms with E-state index in [1.54, 1.807) is 30.3 Å². The summed E-state index contributed by atoms with van der Waals surface area (Å²) in [5.74, 6) is 1.25. The van der Waals surface area contributed by atoms with Crippen LogP contribution in [0.25, 0.3) is 0 Å². The van der Waals surface area contributed by atoms with E-state index in [-0.39, 0.29) is 18.3 Å². The Morgan fingerprint density at radius 2 is 1.85 bits per heavy atom. The monoisotopic (exact) mass is 414 g/mol. The standard InChI is InChI=1S/C19H20Cl2N2O2.ClH/c20-14-4-1-2-6-16(14)25-17-7-3-5-15(21)18(17)19(24)23-11-9-13-8-10-22-12-13;/h1-7,13,22H,8-12H2,(H,23,24);1H. The Hall–Kier alpha value is -1.46. The Balaban J connectivity index is 0.00000243. The van der Waals surface area contributed by atoms with E-state index in [9.17, 15) is 4.79 Å². The summed E-state index contributed by atoms with van der Waals surface area (Å²) >= 11 is 12.4. The van der Waals surface area contributed by atoms with Crippen molar-refractivity contribution < 1.29 is 9.53 Å². The predicted octanol–water partition coefficient (Wildman–Crippen LogP) is 4.94. The fourth-order valence-electron chi connectivity index (χ4n) is 2.89. The number of carbonyl (C=O) groups is 1. The number of benzene rings is 2. The van der Waals surface area contributed by atoms with Gasteiger partial charge >= 0.3 is 0 Å². The van der Waals surface area contributed by atoms with Gasteiger partial charge in [-0.25, -0.2) is 0 Å². The number of para-hydroxylation sites is 1. The smallest absolute Gasteiger partial charge is 0.256 e. The lowest BCUT2D eigenvalue weighted by molar-refractivity contribution is 0.0949. The molecule has 1 atom stereocenters. The van der Waals surface area contributed by atoms with Gasteiger partial charge < -0.3 is 15.4 Å². The van der Waals surface area contributed by atoms with Crippen molar-refractivity contribution >= 4 is 41.5 Å². The second-order valence-corrected chi connectivity index (χ2v) is 6.86. The van der Waals surface area contributed by atoms with Gasteiger partial charge in [0.05, 0.1) is 10.0 Å². The van der Waals surface area contributed by atoms with E-state index in [4.69, 9.17) is 27.9 Å². The minimum Gasteiger partial charge on any atom is -0.455 e. The first-order valence-electron chi connectivity index (χ1n) is 8.35. The van der Waals surface area contributed by atoms with Crippen molar-refractivity contribution in [1.82, 2.24) is 10.6 Å². The molecule has 0 aromatic heterocycles. The molecule has 0 saturated carbocycles. The van der Waals surface area contributed by atoms with Crippen LogP contribution < -0.4 is 15.4 Å². The zero-order chi connectivity index (χ0) is 17.6. The molecule has 0 radical (unpaired) electrons. The molecule has 0 spiro atoms. The SMILES string of the molecule is Cl.O=C(NCCC1CCNC1)c1c(Cl)cccc1Oc1ccccc1Cl. The molecule has 140 valence electrons. The highest BCUT2D eigenvalue weighted by Crippen LogP contribution is 2.33.